The largest absolute Gasteiger partial charge is 0.495 e. The molecule has 1 saturated heterocycles. The molecule has 24 heavy (non-hydrogen) atoms. The summed E-state index contributed by atoms with van der Waals surface area (Å²) < 4.78 is 10.3. The highest BCUT2D eigenvalue weighted by Crippen LogP contribution is 2.23. The number of anilines is 1. The minimum Gasteiger partial charge on any atom is -0.495 e. The first-order valence-corrected chi connectivity index (χ1v) is 8.16. The molecule has 1 heterocycles. The predicted octanol–water partition coefficient (Wildman–Crippen LogP) is 1.80. The van der Waals surface area contributed by atoms with Crippen molar-refractivity contribution in [3.63, 3.8) is 0 Å². The molecule has 1 N–H and O–H groups in total. The fourth-order valence-electron chi connectivity index (χ4n) is 2.66. The molecule has 0 unspecified atom stereocenters. The summed E-state index contributed by atoms with van der Waals surface area (Å²) in [4.78, 5) is 27.9. The molecule has 1 aromatic carbocycles. The van der Waals surface area contributed by atoms with Gasteiger partial charge in [0.1, 0.15) is 5.75 Å². The number of methoxy groups -OCH3 is 1. The Morgan fingerprint density at radius 2 is 1.88 bits per heavy atom. The second kappa shape index (κ2) is 8.54. The van der Waals surface area contributed by atoms with E-state index in [4.69, 9.17) is 9.47 Å². The first-order valence-electron chi connectivity index (χ1n) is 8.16. The van der Waals surface area contributed by atoms with Gasteiger partial charge in [-0.2, -0.15) is 0 Å². The minimum atomic E-state index is -0.292. The van der Waals surface area contributed by atoms with Crippen LogP contribution in [0.3, 0.4) is 0 Å². The maximum Gasteiger partial charge on any atom is 0.409 e. The SMILES string of the molecule is CCOC(=O)N1CCN([C@H](C)C(=O)Nc2ccccc2OC)CC1. The van der Waals surface area contributed by atoms with Crippen molar-refractivity contribution in [2.75, 3.05) is 45.2 Å². The number of carbonyl (C=O) groups excluding carboxylic acids is 2. The number of para-hydroxylation sites is 2. The van der Waals surface area contributed by atoms with Crippen molar-refractivity contribution in [3.05, 3.63) is 24.3 Å². The van der Waals surface area contributed by atoms with E-state index in [1.54, 1.807) is 25.0 Å². The molecular weight excluding hydrogens is 310 g/mol. The third-order valence-electron chi connectivity index (χ3n) is 4.13. The van der Waals surface area contributed by atoms with Gasteiger partial charge < -0.3 is 19.7 Å². The van der Waals surface area contributed by atoms with E-state index in [0.29, 0.717) is 44.2 Å². The molecule has 0 spiro atoms. The third-order valence-corrected chi connectivity index (χ3v) is 4.13. The second-order valence-electron chi connectivity index (χ2n) is 5.59. The van der Waals surface area contributed by atoms with Gasteiger partial charge in [0.05, 0.1) is 25.4 Å². The second-order valence-corrected chi connectivity index (χ2v) is 5.59. The molecule has 2 rings (SSSR count). The number of nitrogens with one attached hydrogen (secondary N) is 1. The number of hydrogen-bond acceptors (Lipinski definition) is 5. The number of ether oxygens (including phenoxy) is 2. The van der Waals surface area contributed by atoms with E-state index in [0.717, 1.165) is 0 Å². The highest BCUT2D eigenvalue weighted by Gasteiger charge is 2.28. The van der Waals surface area contributed by atoms with Gasteiger partial charge in [-0.15, -0.1) is 0 Å². The summed E-state index contributed by atoms with van der Waals surface area (Å²) >= 11 is 0. The third kappa shape index (κ3) is 4.38. The Kier molecular flexibility index (Phi) is 6.43. The fraction of sp³-hybridized carbons (Fsp3) is 0.529. The zero-order valence-corrected chi connectivity index (χ0v) is 14.4. The summed E-state index contributed by atoms with van der Waals surface area (Å²) in [5.41, 5.74) is 0.655. The van der Waals surface area contributed by atoms with Gasteiger partial charge in [0.15, 0.2) is 0 Å². The van der Waals surface area contributed by atoms with Crippen LogP contribution in [-0.4, -0.2) is 67.7 Å². The molecule has 132 valence electrons. The van der Waals surface area contributed by atoms with Crippen molar-refractivity contribution in [3.8, 4) is 5.75 Å². The average Bonchev–Trinajstić information content (AvgIpc) is 2.61. The van der Waals surface area contributed by atoms with Gasteiger partial charge in [-0.05, 0) is 26.0 Å². The van der Waals surface area contributed by atoms with Crippen molar-refractivity contribution in [2.45, 2.75) is 19.9 Å². The van der Waals surface area contributed by atoms with E-state index in [-0.39, 0.29) is 18.0 Å². The van der Waals surface area contributed by atoms with Crippen LogP contribution in [-0.2, 0) is 9.53 Å². The standard InChI is InChI=1S/C17H25N3O4/c1-4-24-17(22)20-11-9-19(10-12-20)13(2)16(21)18-14-7-5-6-8-15(14)23-3/h5-8,13H,4,9-12H2,1-3H3,(H,18,21)/t13-/m1/s1. The Labute approximate surface area is 142 Å². The Balaban J connectivity index is 1.89. The maximum atomic E-state index is 12.5. The molecule has 7 heteroatoms. The molecular formula is C17H25N3O4. The topological polar surface area (TPSA) is 71.1 Å². The average molecular weight is 335 g/mol. The van der Waals surface area contributed by atoms with Crippen molar-refractivity contribution in [1.29, 1.82) is 0 Å². The number of amides is 2. The van der Waals surface area contributed by atoms with Crippen LogP contribution >= 0.6 is 0 Å². The Morgan fingerprint density at radius 3 is 2.50 bits per heavy atom. The zero-order valence-electron chi connectivity index (χ0n) is 14.4. The van der Waals surface area contributed by atoms with Gasteiger partial charge in [0.25, 0.3) is 0 Å². The number of benzene rings is 1. The summed E-state index contributed by atoms with van der Waals surface area (Å²) in [5, 5.41) is 2.90. The van der Waals surface area contributed by atoms with Crippen molar-refractivity contribution >= 4 is 17.7 Å². The number of rotatable bonds is 5. The molecule has 0 aromatic heterocycles. The molecule has 0 aliphatic carbocycles. The molecule has 0 radical (unpaired) electrons. The first kappa shape index (κ1) is 18.1. The lowest BCUT2D eigenvalue weighted by Crippen LogP contribution is -2.54. The molecule has 1 fully saturated rings. The number of nitrogens with zero attached hydrogens (tertiary/aromatic N) is 2. The monoisotopic (exact) mass is 335 g/mol. The van der Waals surface area contributed by atoms with Gasteiger partial charge in [0.2, 0.25) is 5.91 Å². The maximum absolute atomic E-state index is 12.5. The van der Waals surface area contributed by atoms with Crippen LogP contribution in [0, 0.1) is 0 Å². The van der Waals surface area contributed by atoms with E-state index in [1.807, 2.05) is 25.1 Å². The lowest BCUT2D eigenvalue weighted by molar-refractivity contribution is -0.121. The summed E-state index contributed by atoms with van der Waals surface area (Å²) in [5.74, 6) is 0.536. The predicted molar refractivity (Wildman–Crippen MR) is 91.3 cm³/mol. The lowest BCUT2D eigenvalue weighted by atomic mass is 10.2. The van der Waals surface area contributed by atoms with Gasteiger partial charge in [0, 0.05) is 26.2 Å². The summed E-state index contributed by atoms with van der Waals surface area (Å²) in [6.07, 6.45) is -0.289. The minimum absolute atomic E-state index is 0.0934. The van der Waals surface area contributed by atoms with E-state index in [1.165, 1.54) is 0 Å². The molecule has 0 saturated carbocycles. The Bertz CT molecular complexity index is 571. The quantitative estimate of drug-likeness (QED) is 0.888. The van der Waals surface area contributed by atoms with E-state index >= 15 is 0 Å². The molecule has 2 amide bonds. The van der Waals surface area contributed by atoms with Crippen LogP contribution in [0.25, 0.3) is 0 Å². The van der Waals surface area contributed by atoms with Gasteiger partial charge in [-0.1, -0.05) is 12.1 Å². The van der Waals surface area contributed by atoms with Gasteiger partial charge in [-0.25, -0.2) is 4.79 Å². The highest BCUT2D eigenvalue weighted by atomic mass is 16.6. The van der Waals surface area contributed by atoms with Crippen LogP contribution in [0.5, 0.6) is 5.75 Å². The summed E-state index contributed by atoms with van der Waals surface area (Å²) in [6, 6.07) is 7.02. The molecule has 1 atom stereocenters. The molecule has 1 aliphatic rings. The van der Waals surface area contributed by atoms with Crippen molar-refractivity contribution < 1.29 is 19.1 Å². The summed E-state index contributed by atoms with van der Waals surface area (Å²) in [6.45, 7) is 6.43. The highest BCUT2D eigenvalue weighted by molar-refractivity contribution is 5.95. The molecule has 1 aromatic rings. The van der Waals surface area contributed by atoms with Gasteiger partial charge in [-0.3, -0.25) is 9.69 Å². The Morgan fingerprint density at radius 1 is 1.21 bits per heavy atom. The van der Waals surface area contributed by atoms with E-state index in [9.17, 15) is 9.59 Å². The van der Waals surface area contributed by atoms with Crippen molar-refractivity contribution in [2.24, 2.45) is 0 Å². The summed E-state index contributed by atoms with van der Waals surface area (Å²) in [7, 11) is 1.57. The number of carbonyl (C=O) groups is 2. The lowest BCUT2D eigenvalue weighted by Gasteiger charge is -2.36. The van der Waals surface area contributed by atoms with Crippen LogP contribution in [0.15, 0.2) is 24.3 Å². The fourth-order valence-corrected chi connectivity index (χ4v) is 2.66. The Hall–Kier alpha value is -2.28. The molecule has 1 aliphatic heterocycles. The van der Waals surface area contributed by atoms with Crippen LogP contribution < -0.4 is 10.1 Å². The van der Waals surface area contributed by atoms with E-state index < -0.39 is 0 Å². The van der Waals surface area contributed by atoms with Gasteiger partial charge >= 0.3 is 6.09 Å². The number of piperazine rings is 1. The number of hydrogen-bond donors (Lipinski definition) is 1. The molecule has 0 bridgehead atoms. The van der Waals surface area contributed by atoms with Crippen LogP contribution in [0.2, 0.25) is 0 Å². The van der Waals surface area contributed by atoms with Crippen LogP contribution in [0.1, 0.15) is 13.8 Å². The van der Waals surface area contributed by atoms with Crippen molar-refractivity contribution in [1.82, 2.24) is 9.80 Å². The van der Waals surface area contributed by atoms with E-state index in [2.05, 4.69) is 10.2 Å². The normalized spacial score (nSPS) is 16.4. The first-order chi connectivity index (χ1) is 11.6. The molecule has 7 nitrogen and oxygen atoms in total. The smallest absolute Gasteiger partial charge is 0.409 e. The van der Waals surface area contributed by atoms with Crippen LogP contribution in [0.4, 0.5) is 10.5 Å². The zero-order chi connectivity index (χ0) is 17.5.